The molecule has 5 aliphatic rings. The average molecular weight is 289 g/mol. The van der Waals surface area contributed by atoms with Gasteiger partial charge in [-0.25, -0.2) is 4.99 Å². The van der Waals surface area contributed by atoms with Gasteiger partial charge in [-0.05, 0) is 0 Å². The van der Waals surface area contributed by atoms with Crippen LogP contribution in [0.1, 0.15) is 0 Å². The van der Waals surface area contributed by atoms with Gasteiger partial charge in [0.25, 0.3) is 0 Å². The molecule has 3 saturated heterocycles. The molecule has 1 spiro atoms. The van der Waals surface area contributed by atoms with E-state index in [9.17, 15) is 25.5 Å². The van der Waals surface area contributed by atoms with Crippen molar-refractivity contribution in [3.8, 4) is 0 Å². The third-order valence-electron chi connectivity index (χ3n) is 4.72. The molecule has 5 rings (SSSR count). The number of guanidine groups is 1. The molecule has 8 N–H and O–H groups in total. The Morgan fingerprint density at radius 1 is 1.15 bits per heavy atom. The SMILES string of the molecule is NC1=N[C@H](O)[C@H]2[C@H]3O[C@]4(O)O[C@@H](C(O)[C@@]2(N1)[C@@H]4O)[C@@H]3O. The Labute approximate surface area is 112 Å². The molecule has 112 valence electrons. The predicted octanol–water partition coefficient (Wildman–Crippen LogP) is -4.88. The molecule has 10 heteroatoms. The summed E-state index contributed by atoms with van der Waals surface area (Å²) in [6.45, 7) is 0. The number of hydrogen-bond donors (Lipinski definition) is 7. The van der Waals surface area contributed by atoms with E-state index in [1.54, 1.807) is 0 Å². The average Bonchev–Trinajstić information content (AvgIpc) is 2.36. The van der Waals surface area contributed by atoms with Crippen LogP contribution in [0.2, 0.25) is 0 Å². The zero-order valence-electron chi connectivity index (χ0n) is 10.1. The largest absolute Gasteiger partial charge is 0.388 e. The number of aliphatic imine (C=N–C) groups is 1. The van der Waals surface area contributed by atoms with Gasteiger partial charge in [0, 0.05) is 0 Å². The summed E-state index contributed by atoms with van der Waals surface area (Å²) in [5, 5.41) is 53.7. The number of nitrogens with zero attached hydrogens (tertiary/aromatic N) is 1. The van der Waals surface area contributed by atoms with Crippen LogP contribution in [0, 0.1) is 5.92 Å². The standard InChI is InChI=1S/C10H15N3O7/c11-8-12-6(16)1-3-2(14)4-5(15)9(1,13-8)7(17)10(18,19-3)20-4/h1-7,14-18H,(H3,11,12,13)/t1-,2-,3-,4-,5?,6-,7+,9-,10+/m1/s1. The molecule has 0 amide bonds. The van der Waals surface area contributed by atoms with Gasteiger partial charge in [-0.1, -0.05) is 0 Å². The number of aliphatic hydroxyl groups is 5. The maximum Gasteiger partial charge on any atom is 0.311 e. The van der Waals surface area contributed by atoms with Gasteiger partial charge in [-0.2, -0.15) is 0 Å². The highest BCUT2D eigenvalue weighted by Crippen LogP contribution is 2.55. The summed E-state index contributed by atoms with van der Waals surface area (Å²) in [6, 6.07) is 0. The Morgan fingerprint density at radius 3 is 2.50 bits per heavy atom. The third-order valence-corrected chi connectivity index (χ3v) is 4.72. The minimum absolute atomic E-state index is 0.188. The van der Waals surface area contributed by atoms with Crippen LogP contribution in [-0.2, 0) is 9.47 Å². The summed E-state index contributed by atoms with van der Waals surface area (Å²) >= 11 is 0. The molecule has 1 aliphatic carbocycles. The van der Waals surface area contributed by atoms with Gasteiger partial charge in [-0.3, -0.25) is 0 Å². The molecule has 20 heavy (non-hydrogen) atoms. The number of nitrogens with one attached hydrogen (secondary N) is 1. The second kappa shape index (κ2) is 3.42. The minimum Gasteiger partial charge on any atom is -0.388 e. The van der Waals surface area contributed by atoms with E-state index in [1.807, 2.05) is 0 Å². The van der Waals surface area contributed by atoms with Gasteiger partial charge in [0.2, 0.25) is 0 Å². The Kier molecular flexibility index (Phi) is 2.17. The lowest BCUT2D eigenvalue weighted by atomic mass is 9.59. The molecule has 10 nitrogen and oxygen atoms in total. The van der Waals surface area contributed by atoms with E-state index in [0.717, 1.165) is 0 Å². The van der Waals surface area contributed by atoms with Crippen LogP contribution < -0.4 is 11.1 Å². The first-order valence-corrected chi connectivity index (χ1v) is 6.23. The highest BCUT2D eigenvalue weighted by atomic mass is 16.9. The van der Waals surface area contributed by atoms with E-state index in [4.69, 9.17) is 15.2 Å². The summed E-state index contributed by atoms with van der Waals surface area (Å²) in [5.41, 5.74) is 3.95. The van der Waals surface area contributed by atoms with Crippen LogP contribution in [0.25, 0.3) is 0 Å². The van der Waals surface area contributed by atoms with Crippen molar-refractivity contribution in [3.63, 3.8) is 0 Å². The van der Waals surface area contributed by atoms with Crippen molar-refractivity contribution >= 4 is 5.96 Å². The van der Waals surface area contributed by atoms with E-state index < -0.39 is 54.2 Å². The highest BCUT2D eigenvalue weighted by Gasteiger charge is 2.79. The number of rotatable bonds is 0. The topological polar surface area (TPSA) is 170 Å². The molecule has 0 aromatic heterocycles. The van der Waals surface area contributed by atoms with Gasteiger partial charge in [0.05, 0.1) is 5.92 Å². The van der Waals surface area contributed by atoms with Crippen LogP contribution in [0.15, 0.2) is 4.99 Å². The fourth-order valence-corrected chi connectivity index (χ4v) is 3.92. The zero-order valence-corrected chi connectivity index (χ0v) is 10.1. The van der Waals surface area contributed by atoms with Crippen LogP contribution >= 0.6 is 0 Å². The predicted molar refractivity (Wildman–Crippen MR) is 59.7 cm³/mol. The van der Waals surface area contributed by atoms with Gasteiger partial charge < -0.3 is 46.1 Å². The van der Waals surface area contributed by atoms with Gasteiger partial charge in [0.1, 0.15) is 30.0 Å². The summed E-state index contributed by atoms with van der Waals surface area (Å²) in [7, 11) is 0. The van der Waals surface area contributed by atoms with Crippen LogP contribution in [0.3, 0.4) is 0 Å². The Balaban J connectivity index is 1.92. The van der Waals surface area contributed by atoms with Gasteiger partial charge in [-0.15, -0.1) is 0 Å². The molecule has 4 fully saturated rings. The van der Waals surface area contributed by atoms with Crippen LogP contribution in [-0.4, -0.2) is 79.8 Å². The number of ether oxygens (including phenoxy) is 2. The smallest absolute Gasteiger partial charge is 0.311 e. The highest BCUT2D eigenvalue weighted by molar-refractivity contribution is 5.80. The Morgan fingerprint density at radius 2 is 1.80 bits per heavy atom. The normalized spacial score (nSPS) is 63.6. The minimum atomic E-state index is -2.38. The summed E-state index contributed by atoms with van der Waals surface area (Å²) in [5.74, 6) is -3.56. The molecule has 4 heterocycles. The van der Waals surface area contributed by atoms with Crippen molar-refractivity contribution in [1.29, 1.82) is 0 Å². The van der Waals surface area contributed by atoms with E-state index in [-0.39, 0.29) is 5.96 Å². The molecule has 4 bridgehead atoms. The summed E-state index contributed by atoms with van der Waals surface area (Å²) < 4.78 is 10.2. The Hall–Kier alpha value is -1.01. The molecular weight excluding hydrogens is 274 g/mol. The first-order chi connectivity index (χ1) is 9.31. The number of hydrogen-bond acceptors (Lipinski definition) is 10. The lowest BCUT2D eigenvalue weighted by Gasteiger charge is -2.68. The second-order valence-corrected chi connectivity index (χ2v) is 5.65. The van der Waals surface area contributed by atoms with Crippen LogP contribution in [0.5, 0.6) is 0 Å². The summed E-state index contributed by atoms with van der Waals surface area (Å²) in [6.07, 6.45) is -8.06. The molecule has 1 unspecified atom stereocenters. The van der Waals surface area contributed by atoms with Crippen molar-refractivity contribution in [2.75, 3.05) is 0 Å². The molecule has 1 saturated carbocycles. The maximum absolute atomic E-state index is 10.4. The number of aliphatic hydroxyl groups excluding tert-OH is 4. The van der Waals surface area contributed by atoms with E-state index >= 15 is 0 Å². The zero-order chi connectivity index (χ0) is 14.4. The third kappa shape index (κ3) is 1.13. The van der Waals surface area contributed by atoms with Crippen molar-refractivity contribution in [2.24, 2.45) is 16.6 Å². The lowest BCUT2D eigenvalue weighted by Crippen LogP contribution is -2.92. The lowest BCUT2D eigenvalue weighted by molar-refractivity contribution is -0.532. The monoisotopic (exact) mass is 289 g/mol. The van der Waals surface area contributed by atoms with Crippen LogP contribution in [0.4, 0.5) is 0 Å². The van der Waals surface area contributed by atoms with Gasteiger partial charge in [0.15, 0.2) is 18.3 Å². The summed E-state index contributed by atoms with van der Waals surface area (Å²) in [4.78, 5) is 3.71. The maximum atomic E-state index is 10.4. The number of nitrogens with two attached hydrogens (primary N) is 1. The molecule has 0 radical (unpaired) electrons. The quantitative estimate of drug-likeness (QED) is 0.231. The molecule has 4 aliphatic heterocycles. The fraction of sp³-hybridized carbons (Fsp3) is 0.900. The first-order valence-electron chi connectivity index (χ1n) is 6.23. The molecule has 0 aromatic rings. The van der Waals surface area contributed by atoms with E-state index in [1.165, 1.54) is 0 Å². The molecular formula is C10H15N3O7. The van der Waals surface area contributed by atoms with Crippen molar-refractivity contribution in [1.82, 2.24) is 5.32 Å². The first kappa shape index (κ1) is 12.7. The van der Waals surface area contributed by atoms with E-state index in [2.05, 4.69) is 10.3 Å². The molecule has 9 atom stereocenters. The van der Waals surface area contributed by atoms with Crippen molar-refractivity contribution in [2.45, 2.75) is 48.3 Å². The fourth-order valence-electron chi connectivity index (χ4n) is 3.92. The Bertz CT molecular complexity index is 503. The van der Waals surface area contributed by atoms with Crippen molar-refractivity contribution < 1.29 is 35.0 Å². The van der Waals surface area contributed by atoms with Crippen molar-refractivity contribution in [3.05, 3.63) is 0 Å². The molecule has 0 aromatic carbocycles. The second-order valence-electron chi connectivity index (χ2n) is 5.65. The van der Waals surface area contributed by atoms with Gasteiger partial charge >= 0.3 is 5.97 Å². The van der Waals surface area contributed by atoms with E-state index in [0.29, 0.717) is 0 Å².